The van der Waals surface area contributed by atoms with Crippen molar-refractivity contribution >= 4 is 5.97 Å². The minimum Gasteiger partial charge on any atom is -0.481 e. The molecule has 1 N–H and O–H groups in total. The van der Waals surface area contributed by atoms with Crippen molar-refractivity contribution in [1.29, 1.82) is 0 Å². The van der Waals surface area contributed by atoms with E-state index in [1.165, 1.54) is 25.7 Å². The summed E-state index contributed by atoms with van der Waals surface area (Å²) < 4.78 is 0. The van der Waals surface area contributed by atoms with Crippen LogP contribution in [-0.4, -0.2) is 11.1 Å². The summed E-state index contributed by atoms with van der Waals surface area (Å²) in [7, 11) is 0. The van der Waals surface area contributed by atoms with Crippen molar-refractivity contribution in [2.75, 3.05) is 0 Å². The van der Waals surface area contributed by atoms with Crippen molar-refractivity contribution in [3.8, 4) is 0 Å². The van der Waals surface area contributed by atoms with Gasteiger partial charge in [0.2, 0.25) is 0 Å². The van der Waals surface area contributed by atoms with Gasteiger partial charge in [0.25, 0.3) is 0 Å². The summed E-state index contributed by atoms with van der Waals surface area (Å²) in [5.41, 5.74) is -0.312. The first-order valence-electron chi connectivity index (χ1n) is 6.42. The largest absolute Gasteiger partial charge is 0.481 e. The van der Waals surface area contributed by atoms with Gasteiger partial charge in [-0.1, -0.05) is 32.6 Å². The molecule has 2 nitrogen and oxygen atoms in total. The van der Waals surface area contributed by atoms with Crippen LogP contribution in [0.25, 0.3) is 0 Å². The van der Waals surface area contributed by atoms with Crippen LogP contribution in [0.3, 0.4) is 0 Å². The van der Waals surface area contributed by atoms with E-state index >= 15 is 0 Å². The molecule has 0 radical (unpaired) electrons. The van der Waals surface area contributed by atoms with Gasteiger partial charge in [0.05, 0.1) is 5.41 Å². The van der Waals surface area contributed by atoms with E-state index in [0.717, 1.165) is 31.6 Å². The third-order valence-electron chi connectivity index (χ3n) is 4.81. The normalized spacial score (nSPS) is 34.5. The molecule has 15 heavy (non-hydrogen) atoms. The zero-order valence-electron chi connectivity index (χ0n) is 9.67. The zero-order valence-corrected chi connectivity index (χ0v) is 9.67. The average molecular weight is 210 g/mol. The summed E-state index contributed by atoms with van der Waals surface area (Å²) in [4.78, 5) is 11.4. The van der Waals surface area contributed by atoms with Gasteiger partial charge in [0.15, 0.2) is 0 Å². The Morgan fingerprint density at radius 2 is 2.07 bits per heavy atom. The van der Waals surface area contributed by atoms with Crippen molar-refractivity contribution in [2.24, 2.45) is 17.3 Å². The highest BCUT2D eigenvalue weighted by molar-refractivity contribution is 5.76. The lowest BCUT2D eigenvalue weighted by atomic mass is 9.56. The first kappa shape index (κ1) is 11.0. The second-order valence-electron chi connectivity index (χ2n) is 5.45. The number of rotatable bonds is 3. The van der Waals surface area contributed by atoms with Crippen molar-refractivity contribution in [3.63, 3.8) is 0 Å². The second-order valence-corrected chi connectivity index (χ2v) is 5.45. The third-order valence-corrected chi connectivity index (χ3v) is 4.81. The van der Waals surface area contributed by atoms with Gasteiger partial charge in [-0.15, -0.1) is 0 Å². The number of carboxylic acids is 1. The minimum absolute atomic E-state index is 0.312. The summed E-state index contributed by atoms with van der Waals surface area (Å²) in [6, 6.07) is 0. The van der Waals surface area contributed by atoms with E-state index in [0.29, 0.717) is 5.92 Å². The van der Waals surface area contributed by atoms with Crippen LogP contribution in [0.2, 0.25) is 0 Å². The molecule has 0 aromatic rings. The number of aliphatic carboxylic acids is 1. The summed E-state index contributed by atoms with van der Waals surface area (Å²) in [6.45, 7) is 2.24. The molecule has 0 bridgehead atoms. The van der Waals surface area contributed by atoms with E-state index in [1.807, 2.05) is 0 Å². The summed E-state index contributed by atoms with van der Waals surface area (Å²) in [6.07, 6.45) is 9.12. The van der Waals surface area contributed by atoms with Gasteiger partial charge < -0.3 is 5.11 Å². The van der Waals surface area contributed by atoms with Crippen molar-refractivity contribution in [1.82, 2.24) is 0 Å². The van der Waals surface area contributed by atoms with Crippen LogP contribution in [0.15, 0.2) is 0 Å². The smallest absolute Gasteiger partial charge is 0.309 e. The van der Waals surface area contributed by atoms with Crippen molar-refractivity contribution in [2.45, 2.75) is 58.3 Å². The average Bonchev–Trinajstić information content (AvgIpc) is 2.16. The fraction of sp³-hybridized carbons (Fsp3) is 0.923. The van der Waals surface area contributed by atoms with Crippen molar-refractivity contribution < 1.29 is 9.90 Å². The molecular formula is C13H22O2. The summed E-state index contributed by atoms with van der Waals surface area (Å²) in [5.74, 6) is 0.749. The monoisotopic (exact) mass is 210 g/mol. The minimum atomic E-state index is -0.518. The summed E-state index contributed by atoms with van der Waals surface area (Å²) >= 11 is 0. The van der Waals surface area contributed by atoms with Crippen LogP contribution < -0.4 is 0 Å². The summed E-state index contributed by atoms with van der Waals surface area (Å²) in [5, 5.41) is 9.39. The molecule has 0 spiro atoms. The maximum atomic E-state index is 11.4. The number of carboxylic acid groups (broad SMARTS) is 1. The predicted octanol–water partition coefficient (Wildman–Crippen LogP) is 3.46. The molecule has 0 amide bonds. The SMILES string of the molecule is CCC1CCCC(C2(C(=O)O)CCC2)C1. The zero-order chi connectivity index (χ0) is 10.9. The van der Waals surface area contributed by atoms with Gasteiger partial charge in [0.1, 0.15) is 0 Å². The first-order chi connectivity index (χ1) is 7.19. The fourth-order valence-corrected chi connectivity index (χ4v) is 3.52. The van der Waals surface area contributed by atoms with Gasteiger partial charge in [-0.2, -0.15) is 0 Å². The van der Waals surface area contributed by atoms with Crippen LogP contribution in [0.1, 0.15) is 58.3 Å². The van der Waals surface area contributed by atoms with Gasteiger partial charge in [-0.05, 0) is 37.5 Å². The Bertz CT molecular complexity index is 243. The molecule has 0 saturated heterocycles. The molecule has 2 aliphatic rings. The maximum absolute atomic E-state index is 11.4. The van der Waals surface area contributed by atoms with E-state index in [4.69, 9.17) is 0 Å². The molecule has 2 fully saturated rings. The number of carbonyl (C=O) groups is 1. The number of hydrogen-bond donors (Lipinski definition) is 1. The van der Waals surface area contributed by atoms with Crippen LogP contribution in [-0.2, 0) is 4.79 Å². The van der Waals surface area contributed by atoms with E-state index in [1.54, 1.807) is 0 Å². The highest BCUT2D eigenvalue weighted by Gasteiger charge is 2.51. The van der Waals surface area contributed by atoms with Gasteiger partial charge in [0, 0.05) is 0 Å². The molecule has 0 aromatic heterocycles. The Labute approximate surface area is 92.1 Å². The van der Waals surface area contributed by atoms with Crippen LogP contribution in [0, 0.1) is 17.3 Å². The van der Waals surface area contributed by atoms with E-state index in [-0.39, 0.29) is 5.41 Å². The Hall–Kier alpha value is -0.530. The van der Waals surface area contributed by atoms with Gasteiger partial charge in [-0.25, -0.2) is 0 Å². The molecule has 0 heterocycles. The Morgan fingerprint density at radius 3 is 2.53 bits per heavy atom. The molecule has 2 heteroatoms. The van der Waals surface area contributed by atoms with Gasteiger partial charge >= 0.3 is 5.97 Å². The molecular weight excluding hydrogens is 188 g/mol. The van der Waals surface area contributed by atoms with Crippen LogP contribution >= 0.6 is 0 Å². The Kier molecular flexibility index (Phi) is 3.03. The lowest BCUT2D eigenvalue weighted by molar-refractivity contribution is -0.161. The highest BCUT2D eigenvalue weighted by atomic mass is 16.4. The molecule has 2 saturated carbocycles. The lowest BCUT2D eigenvalue weighted by Gasteiger charge is -2.47. The molecule has 2 aliphatic carbocycles. The Morgan fingerprint density at radius 1 is 1.33 bits per heavy atom. The highest BCUT2D eigenvalue weighted by Crippen LogP contribution is 2.53. The second kappa shape index (κ2) is 4.15. The fourth-order valence-electron chi connectivity index (χ4n) is 3.52. The standard InChI is InChI=1S/C13H22O2/c1-2-10-5-3-6-11(9-10)13(12(14)15)7-4-8-13/h10-11H,2-9H2,1H3,(H,14,15). The van der Waals surface area contributed by atoms with Crippen LogP contribution in [0.5, 0.6) is 0 Å². The molecule has 2 rings (SSSR count). The molecule has 2 atom stereocenters. The van der Waals surface area contributed by atoms with Crippen LogP contribution in [0.4, 0.5) is 0 Å². The maximum Gasteiger partial charge on any atom is 0.309 e. The molecule has 86 valence electrons. The van der Waals surface area contributed by atoms with Gasteiger partial charge in [-0.3, -0.25) is 4.79 Å². The van der Waals surface area contributed by atoms with E-state index < -0.39 is 5.97 Å². The van der Waals surface area contributed by atoms with E-state index in [2.05, 4.69) is 6.92 Å². The third kappa shape index (κ3) is 1.79. The topological polar surface area (TPSA) is 37.3 Å². The molecule has 0 aromatic carbocycles. The van der Waals surface area contributed by atoms with Crippen molar-refractivity contribution in [3.05, 3.63) is 0 Å². The predicted molar refractivity (Wildman–Crippen MR) is 59.7 cm³/mol. The lowest BCUT2D eigenvalue weighted by Crippen LogP contribution is -2.46. The first-order valence-corrected chi connectivity index (χ1v) is 6.42. The molecule has 0 aliphatic heterocycles. The quantitative estimate of drug-likeness (QED) is 0.774. The molecule has 2 unspecified atom stereocenters. The Balaban J connectivity index is 2.05. The number of hydrogen-bond acceptors (Lipinski definition) is 1. The van der Waals surface area contributed by atoms with E-state index in [9.17, 15) is 9.90 Å².